The van der Waals surface area contributed by atoms with Gasteiger partial charge < -0.3 is 15.0 Å². The molecule has 19 heavy (non-hydrogen) atoms. The second-order valence-electron chi connectivity index (χ2n) is 4.55. The SMILES string of the molecule is CC(NCc1cncc(F)c1)C(=O)N1CCOCC1. The first-order valence-electron chi connectivity index (χ1n) is 6.36. The van der Waals surface area contributed by atoms with Gasteiger partial charge in [0.15, 0.2) is 0 Å². The molecule has 5 nitrogen and oxygen atoms in total. The van der Waals surface area contributed by atoms with E-state index in [0.717, 1.165) is 11.8 Å². The summed E-state index contributed by atoms with van der Waals surface area (Å²) in [6.45, 7) is 4.67. The highest BCUT2D eigenvalue weighted by Gasteiger charge is 2.21. The van der Waals surface area contributed by atoms with Crippen LogP contribution in [0.2, 0.25) is 0 Å². The van der Waals surface area contributed by atoms with E-state index < -0.39 is 0 Å². The van der Waals surface area contributed by atoms with E-state index in [2.05, 4.69) is 10.3 Å². The molecule has 1 amide bonds. The van der Waals surface area contributed by atoms with Crippen molar-refractivity contribution in [3.05, 3.63) is 29.8 Å². The van der Waals surface area contributed by atoms with Crippen LogP contribution in [0.1, 0.15) is 12.5 Å². The number of morpholine rings is 1. The Morgan fingerprint density at radius 2 is 2.26 bits per heavy atom. The predicted octanol–water partition coefficient (Wildman–Crippen LogP) is 0.558. The molecular formula is C13H18FN3O2. The minimum Gasteiger partial charge on any atom is -0.378 e. The van der Waals surface area contributed by atoms with Gasteiger partial charge in [0.05, 0.1) is 25.5 Å². The zero-order chi connectivity index (χ0) is 13.7. The number of aromatic nitrogens is 1. The van der Waals surface area contributed by atoms with Crippen molar-refractivity contribution in [3.63, 3.8) is 0 Å². The smallest absolute Gasteiger partial charge is 0.239 e. The highest BCUT2D eigenvalue weighted by molar-refractivity contribution is 5.81. The lowest BCUT2D eigenvalue weighted by Gasteiger charge is -2.29. The van der Waals surface area contributed by atoms with Gasteiger partial charge in [-0.1, -0.05) is 0 Å². The Bertz CT molecular complexity index is 436. The maximum atomic E-state index is 13.0. The van der Waals surface area contributed by atoms with Crippen LogP contribution in [0.4, 0.5) is 4.39 Å². The third kappa shape index (κ3) is 3.97. The van der Waals surface area contributed by atoms with Crippen molar-refractivity contribution in [2.45, 2.75) is 19.5 Å². The van der Waals surface area contributed by atoms with Gasteiger partial charge in [-0.3, -0.25) is 9.78 Å². The molecule has 2 heterocycles. The van der Waals surface area contributed by atoms with E-state index in [-0.39, 0.29) is 17.8 Å². The fourth-order valence-corrected chi connectivity index (χ4v) is 1.97. The molecule has 1 saturated heterocycles. The van der Waals surface area contributed by atoms with Gasteiger partial charge in [-0.2, -0.15) is 0 Å². The molecule has 1 aliphatic heterocycles. The van der Waals surface area contributed by atoms with Crippen molar-refractivity contribution >= 4 is 5.91 Å². The normalized spacial score (nSPS) is 17.3. The Morgan fingerprint density at radius 1 is 1.53 bits per heavy atom. The number of halogens is 1. The summed E-state index contributed by atoms with van der Waals surface area (Å²) >= 11 is 0. The fraction of sp³-hybridized carbons (Fsp3) is 0.538. The van der Waals surface area contributed by atoms with Crippen LogP contribution in [0.5, 0.6) is 0 Å². The van der Waals surface area contributed by atoms with Crippen LogP contribution in [0, 0.1) is 5.82 Å². The molecule has 1 atom stereocenters. The Kier molecular flexibility index (Phi) is 4.81. The van der Waals surface area contributed by atoms with E-state index in [0.29, 0.717) is 32.8 Å². The largest absolute Gasteiger partial charge is 0.378 e. The Labute approximate surface area is 111 Å². The van der Waals surface area contributed by atoms with Crippen LogP contribution in [0.15, 0.2) is 18.5 Å². The van der Waals surface area contributed by atoms with E-state index in [9.17, 15) is 9.18 Å². The highest BCUT2D eigenvalue weighted by atomic mass is 19.1. The molecule has 2 rings (SSSR count). The molecule has 1 fully saturated rings. The van der Waals surface area contributed by atoms with Gasteiger partial charge >= 0.3 is 0 Å². The van der Waals surface area contributed by atoms with Crippen molar-refractivity contribution in [1.82, 2.24) is 15.2 Å². The molecule has 0 aliphatic carbocycles. The number of nitrogens with one attached hydrogen (secondary N) is 1. The lowest BCUT2D eigenvalue weighted by molar-refractivity contribution is -0.137. The second kappa shape index (κ2) is 6.58. The molecular weight excluding hydrogens is 249 g/mol. The zero-order valence-corrected chi connectivity index (χ0v) is 10.9. The van der Waals surface area contributed by atoms with Crippen molar-refractivity contribution in [2.75, 3.05) is 26.3 Å². The minimum atomic E-state index is -0.369. The van der Waals surface area contributed by atoms with E-state index in [1.807, 2.05) is 6.92 Å². The average Bonchev–Trinajstić information content (AvgIpc) is 2.45. The topological polar surface area (TPSA) is 54.5 Å². The van der Waals surface area contributed by atoms with Crippen LogP contribution in [-0.2, 0) is 16.1 Å². The van der Waals surface area contributed by atoms with E-state index in [4.69, 9.17) is 4.74 Å². The summed E-state index contributed by atoms with van der Waals surface area (Å²) in [7, 11) is 0. The summed E-state index contributed by atoms with van der Waals surface area (Å²) in [5.74, 6) is -0.320. The third-order valence-corrected chi connectivity index (χ3v) is 3.07. The standard InChI is InChI=1S/C13H18FN3O2/c1-10(13(18)17-2-4-19-5-3-17)16-8-11-6-12(14)9-15-7-11/h6-7,9-10,16H,2-5,8H2,1H3. The summed E-state index contributed by atoms with van der Waals surface area (Å²) in [6, 6.07) is 1.10. The molecule has 1 aromatic rings. The summed E-state index contributed by atoms with van der Waals surface area (Å²) in [5.41, 5.74) is 0.724. The van der Waals surface area contributed by atoms with Crippen molar-refractivity contribution in [1.29, 1.82) is 0 Å². The molecule has 0 aromatic carbocycles. The number of rotatable bonds is 4. The van der Waals surface area contributed by atoms with Gasteiger partial charge in [0.2, 0.25) is 5.91 Å². The van der Waals surface area contributed by atoms with Gasteiger partial charge in [0, 0.05) is 25.8 Å². The lowest BCUT2D eigenvalue weighted by Crippen LogP contribution is -2.49. The minimum absolute atomic E-state index is 0.0488. The predicted molar refractivity (Wildman–Crippen MR) is 67.9 cm³/mol. The average molecular weight is 267 g/mol. The quantitative estimate of drug-likeness (QED) is 0.866. The van der Waals surface area contributed by atoms with E-state index in [1.165, 1.54) is 6.07 Å². The summed E-state index contributed by atoms with van der Waals surface area (Å²) in [4.78, 5) is 17.7. The molecule has 0 spiro atoms. The first-order chi connectivity index (χ1) is 9.16. The van der Waals surface area contributed by atoms with Gasteiger partial charge in [0.1, 0.15) is 5.82 Å². The van der Waals surface area contributed by atoms with Gasteiger partial charge in [-0.15, -0.1) is 0 Å². The first-order valence-corrected chi connectivity index (χ1v) is 6.36. The van der Waals surface area contributed by atoms with Crippen molar-refractivity contribution in [3.8, 4) is 0 Å². The van der Waals surface area contributed by atoms with Crippen molar-refractivity contribution < 1.29 is 13.9 Å². The van der Waals surface area contributed by atoms with Crippen LogP contribution in [0.3, 0.4) is 0 Å². The molecule has 1 aromatic heterocycles. The summed E-state index contributed by atoms with van der Waals surface area (Å²) < 4.78 is 18.2. The maximum Gasteiger partial charge on any atom is 0.239 e. The lowest BCUT2D eigenvalue weighted by atomic mass is 10.2. The van der Waals surface area contributed by atoms with Gasteiger partial charge in [0.25, 0.3) is 0 Å². The van der Waals surface area contributed by atoms with Gasteiger partial charge in [-0.05, 0) is 18.6 Å². The van der Waals surface area contributed by atoms with Crippen LogP contribution >= 0.6 is 0 Å². The Hall–Kier alpha value is -1.53. The van der Waals surface area contributed by atoms with Crippen molar-refractivity contribution in [2.24, 2.45) is 0 Å². The number of nitrogens with zero attached hydrogens (tertiary/aromatic N) is 2. The summed E-state index contributed by atoms with van der Waals surface area (Å²) in [6.07, 6.45) is 2.74. The number of ether oxygens (including phenoxy) is 1. The number of hydrogen-bond donors (Lipinski definition) is 1. The second-order valence-corrected chi connectivity index (χ2v) is 4.55. The highest BCUT2D eigenvalue weighted by Crippen LogP contribution is 2.03. The number of pyridine rings is 1. The third-order valence-electron chi connectivity index (χ3n) is 3.07. The fourth-order valence-electron chi connectivity index (χ4n) is 1.97. The monoisotopic (exact) mass is 267 g/mol. The molecule has 0 radical (unpaired) electrons. The van der Waals surface area contributed by atoms with Crippen LogP contribution < -0.4 is 5.32 Å². The van der Waals surface area contributed by atoms with Crippen LogP contribution in [-0.4, -0.2) is 48.1 Å². The van der Waals surface area contributed by atoms with Crippen LogP contribution in [0.25, 0.3) is 0 Å². The number of hydrogen-bond acceptors (Lipinski definition) is 4. The zero-order valence-electron chi connectivity index (χ0n) is 10.9. The molecule has 6 heteroatoms. The Balaban J connectivity index is 1.83. The molecule has 1 unspecified atom stereocenters. The molecule has 104 valence electrons. The Morgan fingerprint density at radius 3 is 2.95 bits per heavy atom. The molecule has 0 saturated carbocycles. The summed E-state index contributed by atoms with van der Waals surface area (Å²) in [5, 5.41) is 3.08. The number of amides is 1. The van der Waals surface area contributed by atoms with E-state index >= 15 is 0 Å². The molecule has 1 aliphatic rings. The maximum absolute atomic E-state index is 13.0. The van der Waals surface area contributed by atoms with Gasteiger partial charge in [-0.25, -0.2) is 4.39 Å². The number of carbonyl (C=O) groups excluding carboxylic acids is 1. The first kappa shape index (κ1) is 13.9. The number of carbonyl (C=O) groups is 1. The molecule has 0 bridgehead atoms. The molecule has 1 N–H and O–H groups in total. The van der Waals surface area contributed by atoms with E-state index in [1.54, 1.807) is 11.1 Å².